The Bertz CT molecular complexity index is 3710. The fraction of sp³-hybridized carbons (Fsp3) is 0.0526. The van der Waals surface area contributed by atoms with Gasteiger partial charge in [-0.05, 0) is 117 Å². The highest BCUT2D eigenvalue weighted by atomic mass is 16.3. The lowest BCUT2D eigenvalue weighted by Crippen LogP contribution is -2.14. The molecule has 0 atom stereocenters. The van der Waals surface area contributed by atoms with Gasteiger partial charge in [0.05, 0.1) is 22.1 Å². The highest BCUT2D eigenvalue weighted by molar-refractivity contribution is 6.18. The third-order valence-electron chi connectivity index (χ3n) is 13.3. The molecule has 3 heterocycles. The summed E-state index contributed by atoms with van der Waals surface area (Å²) in [5.74, 6) is 0. The quantitative estimate of drug-likeness (QED) is 0.175. The Hall–Kier alpha value is -7.62. The van der Waals surface area contributed by atoms with Crippen LogP contribution in [0.4, 0.5) is 0 Å². The van der Waals surface area contributed by atoms with Crippen molar-refractivity contribution in [1.82, 2.24) is 9.13 Å². The van der Waals surface area contributed by atoms with Gasteiger partial charge < -0.3 is 13.6 Å². The Kier molecular flexibility index (Phi) is 6.78. The molecule has 1 aliphatic rings. The van der Waals surface area contributed by atoms with Gasteiger partial charge in [0.1, 0.15) is 11.2 Å². The topological polar surface area (TPSA) is 23.0 Å². The van der Waals surface area contributed by atoms with Gasteiger partial charge in [-0.15, -0.1) is 0 Å². The van der Waals surface area contributed by atoms with Gasteiger partial charge in [0, 0.05) is 55.2 Å². The molecule has 0 saturated carbocycles. The molecule has 12 aromatic rings. The first kappa shape index (κ1) is 33.4. The minimum Gasteiger partial charge on any atom is -0.456 e. The first-order valence-corrected chi connectivity index (χ1v) is 20.8. The van der Waals surface area contributed by atoms with Crippen LogP contribution in [0.2, 0.25) is 0 Å². The molecular weight excluding hydrogens is 729 g/mol. The zero-order valence-electron chi connectivity index (χ0n) is 33.3. The Morgan fingerprint density at radius 3 is 1.62 bits per heavy atom. The van der Waals surface area contributed by atoms with Crippen LogP contribution in [0.1, 0.15) is 25.0 Å². The lowest BCUT2D eigenvalue weighted by atomic mass is 9.82. The van der Waals surface area contributed by atoms with Crippen molar-refractivity contribution in [2.24, 2.45) is 0 Å². The van der Waals surface area contributed by atoms with Crippen molar-refractivity contribution in [2.45, 2.75) is 19.3 Å². The minimum absolute atomic E-state index is 0.105. The number of hydrogen-bond acceptors (Lipinski definition) is 1. The highest BCUT2D eigenvalue weighted by Gasteiger charge is 2.36. The number of nitrogens with zero attached hydrogens (tertiary/aromatic N) is 2. The van der Waals surface area contributed by atoms with Gasteiger partial charge in [0.2, 0.25) is 0 Å². The van der Waals surface area contributed by atoms with E-state index in [1.807, 2.05) is 6.07 Å². The predicted octanol–water partition coefficient (Wildman–Crippen LogP) is 15.4. The van der Waals surface area contributed by atoms with Crippen molar-refractivity contribution in [3.8, 4) is 44.8 Å². The molecule has 0 saturated heterocycles. The minimum atomic E-state index is -0.105. The van der Waals surface area contributed by atoms with Crippen molar-refractivity contribution in [3.63, 3.8) is 0 Å². The van der Waals surface area contributed by atoms with Gasteiger partial charge in [0.15, 0.2) is 0 Å². The van der Waals surface area contributed by atoms with E-state index in [0.29, 0.717) is 0 Å². The molecule has 282 valence electrons. The number of furan rings is 1. The molecule has 13 rings (SSSR count). The number of para-hydroxylation sites is 2. The zero-order chi connectivity index (χ0) is 39.7. The maximum absolute atomic E-state index is 6.42. The largest absolute Gasteiger partial charge is 0.456 e. The fourth-order valence-electron chi connectivity index (χ4n) is 10.4. The summed E-state index contributed by atoms with van der Waals surface area (Å²) in [5, 5.41) is 7.22. The maximum Gasteiger partial charge on any atom is 0.137 e. The van der Waals surface area contributed by atoms with Gasteiger partial charge in [-0.2, -0.15) is 0 Å². The fourth-order valence-corrected chi connectivity index (χ4v) is 10.4. The predicted molar refractivity (Wildman–Crippen MR) is 251 cm³/mol. The van der Waals surface area contributed by atoms with Crippen LogP contribution >= 0.6 is 0 Å². The van der Waals surface area contributed by atoms with Gasteiger partial charge in [0.25, 0.3) is 0 Å². The average Bonchev–Trinajstić information content (AvgIpc) is 3.99. The Balaban J connectivity index is 1.05. The molecule has 9 aromatic carbocycles. The molecule has 0 amide bonds. The number of aromatic nitrogens is 2. The summed E-state index contributed by atoms with van der Waals surface area (Å²) in [6.07, 6.45) is 0. The van der Waals surface area contributed by atoms with E-state index in [-0.39, 0.29) is 5.41 Å². The number of hydrogen-bond donors (Lipinski definition) is 0. The monoisotopic (exact) mass is 766 g/mol. The molecule has 0 N–H and O–H groups in total. The third-order valence-corrected chi connectivity index (χ3v) is 13.3. The molecule has 3 nitrogen and oxygen atoms in total. The molecule has 3 aromatic heterocycles. The van der Waals surface area contributed by atoms with E-state index in [2.05, 4.69) is 211 Å². The second-order valence-electron chi connectivity index (χ2n) is 16.9. The molecule has 0 unspecified atom stereocenters. The lowest BCUT2D eigenvalue weighted by Gasteiger charge is -2.21. The van der Waals surface area contributed by atoms with Crippen LogP contribution in [0, 0.1) is 0 Å². The summed E-state index contributed by atoms with van der Waals surface area (Å²) in [4.78, 5) is 0. The average molecular weight is 767 g/mol. The summed E-state index contributed by atoms with van der Waals surface area (Å²) in [6, 6.07) is 71.2. The summed E-state index contributed by atoms with van der Waals surface area (Å²) in [5.41, 5.74) is 19.0. The number of benzene rings is 9. The van der Waals surface area contributed by atoms with Crippen molar-refractivity contribution in [3.05, 3.63) is 205 Å². The second kappa shape index (κ2) is 12.2. The SMILES string of the molecule is CC1(C)c2ccccc2-c2cc3c4cc(-c5ccc6c(c5)c5cc7c(cc5n6-c5ccccc5)oc5ccccc57)ccc4n(-c4ccc(-c5ccccc5)cc4)c3cc21. The van der Waals surface area contributed by atoms with Gasteiger partial charge in [-0.3, -0.25) is 0 Å². The highest BCUT2D eigenvalue weighted by Crippen LogP contribution is 2.51. The van der Waals surface area contributed by atoms with E-state index in [1.165, 1.54) is 82.6 Å². The number of rotatable bonds is 4. The van der Waals surface area contributed by atoms with Crippen molar-refractivity contribution >= 4 is 65.6 Å². The van der Waals surface area contributed by atoms with Gasteiger partial charge >= 0.3 is 0 Å². The van der Waals surface area contributed by atoms with E-state index in [1.54, 1.807) is 0 Å². The molecule has 60 heavy (non-hydrogen) atoms. The Morgan fingerprint density at radius 1 is 0.333 bits per heavy atom. The maximum atomic E-state index is 6.42. The summed E-state index contributed by atoms with van der Waals surface area (Å²) >= 11 is 0. The molecular formula is C57H38N2O. The molecule has 3 heteroatoms. The van der Waals surface area contributed by atoms with E-state index in [0.717, 1.165) is 38.8 Å². The first-order valence-electron chi connectivity index (χ1n) is 20.8. The van der Waals surface area contributed by atoms with Crippen LogP contribution in [0.15, 0.2) is 199 Å². The molecule has 0 spiro atoms. The van der Waals surface area contributed by atoms with Crippen molar-refractivity contribution in [1.29, 1.82) is 0 Å². The molecule has 1 aliphatic carbocycles. The van der Waals surface area contributed by atoms with Crippen LogP contribution in [-0.2, 0) is 5.41 Å². The second-order valence-corrected chi connectivity index (χ2v) is 16.9. The molecule has 0 radical (unpaired) electrons. The molecule has 0 fully saturated rings. The summed E-state index contributed by atoms with van der Waals surface area (Å²) in [7, 11) is 0. The van der Waals surface area contributed by atoms with Crippen LogP contribution < -0.4 is 0 Å². The normalized spacial score (nSPS) is 13.3. The first-order chi connectivity index (χ1) is 29.5. The van der Waals surface area contributed by atoms with Gasteiger partial charge in [-0.1, -0.05) is 129 Å². The molecule has 0 bridgehead atoms. The zero-order valence-corrected chi connectivity index (χ0v) is 33.3. The van der Waals surface area contributed by atoms with Crippen molar-refractivity contribution in [2.75, 3.05) is 0 Å². The third kappa shape index (κ3) is 4.66. The lowest BCUT2D eigenvalue weighted by molar-refractivity contribution is 0.661. The van der Waals surface area contributed by atoms with E-state index >= 15 is 0 Å². The standard InChI is InChI=1S/C57H38N2O/c1-57(2)49-19-11-9-17-41(49)43-31-46-44-29-37(24-28-52(44)59(53(46)33-50(43)57)40-25-21-36(22-26-40)35-13-5-3-6-14-35)38-23-27-51-45(30-38)47-32-48-42-18-10-12-20-55(42)60-56(48)34-54(47)58(51)39-15-7-4-8-16-39/h3-34H,1-2H3. The smallest absolute Gasteiger partial charge is 0.137 e. The molecule has 0 aliphatic heterocycles. The number of fused-ring (bicyclic) bond motifs is 12. The van der Waals surface area contributed by atoms with Crippen LogP contribution in [0.5, 0.6) is 0 Å². The van der Waals surface area contributed by atoms with Crippen LogP contribution in [-0.4, -0.2) is 9.13 Å². The van der Waals surface area contributed by atoms with Gasteiger partial charge in [-0.25, -0.2) is 0 Å². The van der Waals surface area contributed by atoms with E-state index in [9.17, 15) is 0 Å². The van der Waals surface area contributed by atoms with Crippen LogP contribution in [0.3, 0.4) is 0 Å². The summed E-state index contributed by atoms with van der Waals surface area (Å²) in [6.45, 7) is 4.74. The van der Waals surface area contributed by atoms with Crippen LogP contribution in [0.25, 0.3) is 110 Å². The summed E-state index contributed by atoms with van der Waals surface area (Å²) < 4.78 is 11.3. The van der Waals surface area contributed by atoms with E-state index < -0.39 is 0 Å². The van der Waals surface area contributed by atoms with Crippen molar-refractivity contribution < 1.29 is 4.42 Å². The Labute approximate surface area is 347 Å². The Morgan fingerprint density at radius 2 is 0.883 bits per heavy atom. The van der Waals surface area contributed by atoms with E-state index in [4.69, 9.17) is 4.42 Å².